The maximum Gasteiger partial charge on any atom is 0.237 e. The fraction of sp³-hybridized carbons (Fsp3) is 0.500. The number of carbonyl (C=O) groups is 1. The monoisotopic (exact) mass is 472 g/mol. The quantitative estimate of drug-likeness (QED) is 0.441. The molecule has 2 heterocycles. The third-order valence-electron chi connectivity index (χ3n) is 5.95. The maximum atomic E-state index is 13.5. The topological polar surface area (TPSA) is 62.2 Å². The van der Waals surface area contributed by atoms with Gasteiger partial charge in [-0.15, -0.1) is 17.9 Å². The lowest BCUT2D eigenvalue weighted by Crippen LogP contribution is -2.47. The van der Waals surface area contributed by atoms with Crippen LogP contribution in [0.25, 0.3) is 0 Å². The molecule has 2 aromatic rings. The lowest BCUT2D eigenvalue weighted by Gasteiger charge is -2.37. The minimum Gasteiger partial charge on any atom is -0.493 e. The van der Waals surface area contributed by atoms with Gasteiger partial charge in [-0.1, -0.05) is 25.1 Å². The summed E-state index contributed by atoms with van der Waals surface area (Å²) in [5.41, 5.74) is 1.17. The van der Waals surface area contributed by atoms with E-state index >= 15 is 0 Å². The van der Waals surface area contributed by atoms with Crippen molar-refractivity contribution in [3.8, 4) is 11.5 Å². The Balaban J connectivity index is 1.72. The third kappa shape index (κ3) is 6.82. The summed E-state index contributed by atoms with van der Waals surface area (Å²) in [6.07, 6.45) is 4.57. The van der Waals surface area contributed by atoms with Gasteiger partial charge in [0.15, 0.2) is 11.5 Å². The molecular formula is C26H36N2O4S. The van der Waals surface area contributed by atoms with E-state index in [-0.39, 0.29) is 11.9 Å². The molecule has 1 aromatic heterocycles. The predicted molar refractivity (Wildman–Crippen MR) is 133 cm³/mol. The summed E-state index contributed by atoms with van der Waals surface area (Å²) in [5.74, 6) is 1.43. The van der Waals surface area contributed by atoms with Gasteiger partial charge in [0.25, 0.3) is 0 Å². The highest BCUT2D eigenvalue weighted by molar-refractivity contribution is 7.10. The average molecular weight is 473 g/mol. The van der Waals surface area contributed by atoms with Crippen molar-refractivity contribution in [3.05, 3.63) is 58.8 Å². The van der Waals surface area contributed by atoms with Crippen LogP contribution in [0, 0.1) is 0 Å². The van der Waals surface area contributed by atoms with Gasteiger partial charge >= 0.3 is 0 Å². The molecule has 180 valence electrons. The number of para-hydroxylation sites is 2. The molecule has 7 heteroatoms. The Bertz CT molecular complexity index is 900. The predicted octanol–water partition coefficient (Wildman–Crippen LogP) is 4.30. The normalized spacial score (nSPS) is 16.4. The van der Waals surface area contributed by atoms with E-state index in [1.165, 1.54) is 10.4 Å². The highest BCUT2D eigenvalue weighted by Crippen LogP contribution is 2.35. The molecule has 3 rings (SSSR count). The van der Waals surface area contributed by atoms with Crippen LogP contribution in [-0.4, -0.2) is 66.8 Å². The van der Waals surface area contributed by atoms with Crippen LogP contribution in [0.2, 0.25) is 0 Å². The van der Waals surface area contributed by atoms with Crippen LogP contribution in [0.3, 0.4) is 0 Å². The van der Waals surface area contributed by atoms with Crippen LogP contribution in [0.5, 0.6) is 11.5 Å². The smallest absolute Gasteiger partial charge is 0.237 e. The van der Waals surface area contributed by atoms with Crippen molar-refractivity contribution in [1.29, 1.82) is 0 Å². The zero-order valence-corrected chi connectivity index (χ0v) is 20.6. The lowest BCUT2D eigenvalue weighted by molar-refractivity contribution is -0.136. The molecule has 2 atom stereocenters. The minimum absolute atomic E-state index is 0.0739. The van der Waals surface area contributed by atoms with E-state index in [4.69, 9.17) is 9.47 Å². The Kier molecular flexibility index (Phi) is 9.78. The van der Waals surface area contributed by atoms with Gasteiger partial charge < -0.3 is 19.5 Å². The summed E-state index contributed by atoms with van der Waals surface area (Å²) in [7, 11) is 1.63. The molecule has 0 bridgehead atoms. The number of aliphatic hydroxyl groups excluding tert-OH is 1. The lowest BCUT2D eigenvalue weighted by atomic mass is 10.0. The fourth-order valence-electron chi connectivity index (χ4n) is 4.31. The zero-order chi connectivity index (χ0) is 23.6. The van der Waals surface area contributed by atoms with Gasteiger partial charge in [0.1, 0.15) is 6.61 Å². The fourth-order valence-corrected chi connectivity index (χ4v) is 5.24. The van der Waals surface area contributed by atoms with Gasteiger partial charge in [0.2, 0.25) is 5.91 Å². The number of rotatable bonds is 13. The second-order valence-electron chi connectivity index (χ2n) is 8.37. The van der Waals surface area contributed by atoms with E-state index in [1.54, 1.807) is 18.4 Å². The second-order valence-corrected chi connectivity index (χ2v) is 9.37. The Morgan fingerprint density at radius 1 is 1.36 bits per heavy atom. The average Bonchev–Trinajstić information content (AvgIpc) is 3.30. The number of allylic oxidation sites excluding steroid dienone is 1. The van der Waals surface area contributed by atoms with Gasteiger partial charge in [-0.05, 0) is 61.4 Å². The summed E-state index contributed by atoms with van der Waals surface area (Å²) >= 11 is 1.74. The number of methoxy groups -OCH3 is 1. The number of thiophene rings is 1. The Morgan fingerprint density at radius 2 is 2.15 bits per heavy atom. The second kappa shape index (κ2) is 12.8. The third-order valence-corrected chi connectivity index (χ3v) is 6.95. The van der Waals surface area contributed by atoms with E-state index in [0.29, 0.717) is 44.2 Å². The molecule has 0 radical (unpaired) electrons. The first kappa shape index (κ1) is 25.3. The molecule has 0 aliphatic carbocycles. The number of amides is 1. The van der Waals surface area contributed by atoms with Crippen molar-refractivity contribution in [1.82, 2.24) is 9.80 Å². The molecule has 6 nitrogen and oxygen atoms in total. The van der Waals surface area contributed by atoms with Crippen molar-refractivity contribution >= 4 is 17.2 Å². The van der Waals surface area contributed by atoms with E-state index in [1.807, 2.05) is 35.2 Å². The highest BCUT2D eigenvalue weighted by Gasteiger charge is 2.33. The Labute approximate surface area is 201 Å². The number of aliphatic hydroxyl groups is 1. The van der Waals surface area contributed by atoms with Crippen molar-refractivity contribution in [2.24, 2.45) is 0 Å². The number of fused-ring (bicyclic) bond motifs is 1. The number of ether oxygens (including phenoxy) is 2. The summed E-state index contributed by atoms with van der Waals surface area (Å²) in [6, 6.07) is 9.54. The number of hydrogen-bond acceptors (Lipinski definition) is 6. The van der Waals surface area contributed by atoms with Crippen molar-refractivity contribution in [3.63, 3.8) is 0 Å². The van der Waals surface area contributed by atoms with Crippen LogP contribution >= 0.6 is 11.3 Å². The van der Waals surface area contributed by atoms with Gasteiger partial charge in [0, 0.05) is 18.0 Å². The van der Waals surface area contributed by atoms with E-state index in [0.717, 1.165) is 25.8 Å². The van der Waals surface area contributed by atoms with Crippen LogP contribution in [-0.2, 0) is 11.2 Å². The molecule has 0 fully saturated rings. The molecule has 1 aliphatic rings. The Morgan fingerprint density at radius 3 is 2.88 bits per heavy atom. The van der Waals surface area contributed by atoms with Crippen molar-refractivity contribution in [2.45, 2.75) is 44.8 Å². The first-order valence-electron chi connectivity index (χ1n) is 11.7. The largest absolute Gasteiger partial charge is 0.493 e. The first-order chi connectivity index (χ1) is 16.1. The number of carbonyl (C=O) groups excluding carboxylic acids is 1. The molecule has 1 aliphatic heterocycles. The summed E-state index contributed by atoms with van der Waals surface area (Å²) in [4.78, 5) is 18.8. The SMILES string of the molecule is C=CCC[C@H](O)CN(CCC)CC(=O)N1CCc2sccc2[C@H]1COc1ccccc1OC. The van der Waals surface area contributed by atoms with Gasteiger partial charge in [-0.25, -0.2) is 0 Å². The van der Waals surface area contributed by atoms with E-state index in [2.05, 4.69) is 29.8 Å². The van der Waals surface area contributed by atoms with Crippen molar-refractivity contribution in [2.75, 3.05) is 39.9 Å². The molecule has 1 amide bonds. The molecule has 0 spiro atoms. The van der Waals surface area contributed by atoms with Crippen LogP contribution in [0.15, 0.2) is 48.4 Å². The van der Waals surface area contributed by atoms with Crippen molar-refractivity contribution < 1.29 is 19.4 Å². The number of hydrogen-bond donors (Lipinski definition) is 1. The van der Waals surface area contributed by atoms with Crippen LogP contribution < -0.4 is 9.47 Å². The molecule has 0 unspecified atom stereocenters. The van der Waals surface area contributed by atoms with Gasteiger partial charge in [0.05, 0.1) is 25.8 Å². The first-order valence-corrected chi connectivity index (χ1v) is 12.6. The maximum absolute atomic E-state index is 13.5. The summed E-state index contributed by atoms with van der Waals surface area (Å²) in [5, 5.41) is 12.5. The van der Waals surface area contributed by atoms with Gasteiger partial charge in [-0.3, -0.25) is 9.69 Å². The molecule has 33 heavy (non-hydrogen) atoms. The van der Waals surface area contributed by atoms with Crippen LogP contribution in [0.4, 0.5) is 0 Å². The Hall–Kier alpha value is -2.35. The molecular weight excluding hydrogens is 436 g/mol. The number of benzene rings is 1. The molecule has 0 saturated heterocycles. The van der Waals surface area contributed by atoms with E-state index in [9.17, 15) is 9.90 Å². The molecule has 0 saturated carbocycles. The summed E-state index contributed by atoms with van der Waals surface area (Å²) in [6.45, 7) is 8.42. The standard InChI is InChI=1S/C26H36N2O4S/c1-4-6-9-20(29)17-27(14-5-2)18-26(30)28-15-12-25-21(13-16-33-25)22(28)19-32-24-11-8-7-10-23(24)31-3/h4,7-8,10-11,13,16,20,22,29H,1,5-6,9,12,14-15,17-19H2,2-3H3/t20-,22+/m0/s1. The number of nitrogens with zero attached hydrogens (tertiary/aromatic N) is 2. The van der Waals surface area contributed by atoms with Crippen LogP contribution in [0.1, 0.15) is 42.7 Å². The highest BCUT2D eigenvalue weighted by atomic mass is 32.1. The molecule has 1 aromatic carbocycles. The minimum atomic E-state index is -0.461. The zero-order valence-electron chi connectivity index (χ0n) is 19.7. The summed E-state index contributed by atoms with van der Waals surface area (Å²) < 4.78 is 11.6. The van der Waals surface area contributed by atoms with E-state index < -0.39 is 6.10 Å². The van der Waals surface area contributed by atoms with Gasteiger partial charge in [-0.2, -0.15) is 0 Å². The molecule has 1 N–H and O–H groups in total.